The summed E-state index contributed by atoms with van der Waals surface area (Å²) in [5.74, 6) is -2.04. The van der Waals surface area contributed by atoms with Crippen LogP contribution in [0.1, 0.15) is 21.5 Å². The van der Waals surface area contributed by atoms with Crippen molar-refractivity contribution < 1.29 is 28.2 Å². The number of ether oxygens (including phenoxy) is 2. The number of amides is 1. The highest BCUT2D eigenvalue weighted by molar-refractivity contribution is 5.90. The van der Waals surface area contributed by atoms with Gasteiger partial charge in [-0.2, -0.15) is 0 Å². The molecule has 0 aromatic heterocycles. The molecular weight excluding hydrogens is 353 g/mol. The second kappa shape index (κ2) is 9.86. The summed E-state index contributed by atoms with van der Waals surface area (Å²) in [7, 11) is 1.30. The number of hydrogen-bond donors (Lipinski definition) is 1. The van der Waals surface area contributed by atoms with Crippen LogP contribution < -0.4 is 5.32 Å². The van der Waals surface area contributed by atoms with E-state index in [0.29, 0.717) is 11.1 Å². The molecule has 0 heterocycles. The Kier molecular flexibility index (Phi) is 7.25. The van der Waals surface area contributed by atoms with Crippen LogP contribution in [0.15, 0.2) is 54.6 Å². The first-order chi connectivity index (χ1) is 13.0. The molecule has 0 unspecified atom stereocenters. The van der Waals surface area contributed by atoms with E-state index in [-0.39, 0.29) is 6.54 Å². The van der Waals surface area contributed by atoms with E-state index in [1.54, 1.807) is 30.3 Å². The molecule has 0 saturated heterocycles. The van der Waals surface area contributed by atoms with Crippen molar-refractivity contribution in [2.45, 2.75) is 6.54 Å². The largest absolute Gasteiger partial charge is 0.465 e. The minimum atomic E-state index is -0.711. The molecule has 0 saturated carbocycles. The van der Waals surface area contributed by atoms with Crippen LogP contribution in [0.25, 0.3) is 6.08 Å². The predicted molar refractivity (Wildman–Crippen MR) is 96.0 cm³/mol. The number of hydrogen-bond acceptors (Lipinski definition) is 5. The maximum absolute atomic E-state index is 13.0. The van der Waals surface area contributed by atoms with Gasteiger partial charge in [-0.1, -0.05) is 24.3 Å². The third kappa shape index (κ3) is 6.74. The number of methoxy groups -OCH3 is 1. The van der Waals surface area contributed by atoms with Crippen LogP contribution in [0.5, 0.6) is 0 Å². The molecule has 0 aliphatic heterocycles. The number of carbonyl (C=O) groups excluding carboxylic acids is 3. The zero-order valence-electron chi connectivity index (χ0n) is 14.6. The third-order valence-electron chi connectivity index (χ3n) is 3.47. The van der Waals surface area contributed by atoms with Gasteiger partial charge in [0.05, 0.1) is 12.7 Å². The number of carbonyl (C=O) groups is 3. The van der Waals surface area contributed by atoms with Crippen molar-refractivity contribution in [3.63, 3.8) is 0 Å². The fourth-order valence-corrected chi connectivity index (χ4v) is 2.09. The Balaban J connectivity index is 1.74. The summed E-state index contributed by atoms with van der Waals surface area (Å²) in [6.07, 6.45) is 2.51. The van der Waals surface area contributed by atoms with Crippen LogP contribution in [-0.2, 0) is 25.6 Å². The van der Waals surface area contributed by atoms with Crippen LogP contribution in [0, 0.1) is 5.82 Å². The van der Waals surface area contributed by atoms with E-state index < -0.39 is 30.3 Å². The normalized spacial score (nSPS) is 10.4. The predicted octanol–water partition coefficient (Wildman–Crippen LogP) is 2.49. The molecule has 0 bridgehead atoms. The standard InChI is InChI=1S/C20H18FNO5/c1-26-20(25)16-8-5-15(6-9-16)12-22-18(23)13-27-19(24)10-7-14-3-2-4-17(21)11-14/h2-11H,12-13H2,1H3,(H,22,23)/b10-7+. The van der Waals surface area contributed by atoms with Gasteiger partial charge in [0.1, 0.15) is 5.82 Å². The smallest absolute Gasteiger partial charge is 0.337 e. The first kappa shape index (κ1) is 19.8. The van der Waals surface area contributed by atoms with Gasteiger partial charge >= 0.3 is 11.9 Å². The molecule has 0 aliphatic rings. The maximum Gasteiger partial charge on any atom is 0.337 e. The molecule has 0 radical (unpaired) electrons. The van der Waals surface area contributed by atoms with E-state index in [9.17, 15) is 18.8 Å². The van der Waals surface area contributed by atoms with Crippen molar-refractivity contribution in [1.29, 1.82) is 0 Å². The topological polar surface area (TPSA) is 81.7 Å². The lowest BCUT2D eigenvalue weighted by Gasteiger charge is -2.06. The fraction of sp³-hybridized carbons (Fsp3) is 0.150. The van der Waals surface area contributed by atoms with Crippen LogP contribution in [0.4, 0.5) is 4.39 Å². The first-order valence-electron chi connectivity index (χ1n) is 8.02. The molecular formula is C20H18FNO5. The minimum absolute atomic E-state index is 0.219. The summed E-state index contributed by atoms with van der Waals surface area (Å²) in [5.41, 5.74) is 1.69. The molecule has 2 aromatic carbocycles. The number of rotatable bonds is 7. The Morgan fingerprint density at radius 1 is 1.11 bits per heavy atom. The summed E-state index contributed by atoms with van der Waals surface area (Å²) < 4.78 is 22.4. The molecule has 2 aromatic rings. The van der Waals surface area contributed by atoms with Gasteiger partial charge in [-0.3, -0.25) is 4.79 Å². The number of nitrogens with one attached hydrogen (secondary N) is 1. The summed E-state index contributed by atoms with van der Waals surface area (Å²) in [6, 6.07) is 12.2. The lowest BCUT2D eigenvalue weighted by atomic mass is 10.1. The van der Waals surface area contributed by atoms with Crippen LogP contribution in [0.3, 0.4) is 0 Å². The Morgan fingerprint density at radius 2 is 1.85 bits per heavy atom. The molecule has 1 N–H and O–H groups in total. The van der Waals surface area contributed by atoms with E-state index in [0.717, 1.165) is 11.6 Å². The molecule has 140 valence electrons. The lowest BCUT2D eigenvalue weighted by molar-refractivity contribution is -0.143. The van der Waals surface area contributed by atoms with Crippen LogP contribution in [0.2, 0.25) is 0 Å². The SMILES string of the molecule is COC(=O)c1ccc(CNC(=O)COC(=O)/C=C/c2cccc(F)c2)cc1. The Hall–Kier alpha value is -3.48. The molecule has 7 heteroatoms. The van der Waals surface area contributed by atoms with Gasteiger partial charge in [-0.25, -0.2) is 14.0 Å². The zero-order chi connectivity index (χ0) is 19.6. The molecule has 0 aliphatic carbocycles. The molecule has 0 fully saturated rings. The van der Waals surface area contributed by atoms with E-state index >= 15 is 0 Å². The Morgan fingerprint density at radius 3 is 2.52 bits per heavy atom. The van der Waals surface area contributed by atoms with Crippen molar-refractivity contribution in [3.8, 4) is 0 Å². The minimum Gasteiger partial charge on any atom is -0.465 e. The van der Waals surface area contributed by atoms with Gasteiger partial charge in [0.15, 0.2) is 6.61 Å². The molecule has 0 spiro atoms. The second-order valence-electron chi connectivity index (χ2n) is 5.46. The van der Waals surface area contributed by atoms with E-state index in [2.05, 4.69) is 10.1 Å². The lowest BCUT2D eigenvalue weighted by Crippen LogP contribution is -2.28. The second-order valence-corrected chi connectivity index (χ2v) is 5.46. The molecule has 2 rings (SSSR count). The Bertz CT molecular complexity index is 846. The summed E-state index contributed by atoms with van der Waals surface area (Å²) in [4.78, 5) is 34.6. The van der Waals surface area contributed by atoms with Crippen molar-refractivity contribution in [2.24, 2.45) is 0 Å². The molecule has 1 amide bonds. The van der Waals surface area contributed by atoms with Gasteiger partial charge in [0.25, 0.3) is 5.91 Å². The van der Waals surface area contributed by atoms with Gasteiger partial charge in [-0.15, -0.1) is 0 Å². The quantitative estimate of drug-likeness (QED) is 0.597. The van der Waals surface area contributed by atoms with Crippen molar-refractivity contribution in [3.05, 3.63) is 77.1 Å². The third-order valence-corrected chi connectivity index (χ3v) is 3.47. The monoisotopic (exact) mass is 371 g/mol. The highest BCUT2D eigenvalue weighted by Gasteiger charge is 2.07. The number of benzene rings is 2. The average molecular weight is 371 g/mol. The summed E-state index contributed by atoms with van der Waals surface area (Å²) in [6.45, 7) is -0.219. The highest BCUT2D eigenvalue weighted by Crippen LogP contribution is 2.06. The van der Waals surface area contributed by atoms with Crippen LogP contribution in [-0.4, -0.2) is 31.6 Å². The van der Waals surface area contributed by atoms with E-state index in [1.807, 2.05) is 0 Å². The summed E-state index contributed by atoms with van der Waals surface area (Å²) in [5, 5.41) is 2.59. The number of esters is 2. The average Bonchev–Trinajstić information content (AvgIpc) is 2.69. The van der Waals surface area contributed by atoms with Gasteiger partial charge in [0, 0.05) is 12.6 Å². The van der Waals surface area contributed by atoms with Crippen molar-refractivity contribution in [1.82, 2.24) is 5.32 Å². The van der Waals surface area contributed by atoms with E-state index in [4.69, 9.17) is 4.74 Å². The maximum atomic E-state index is 13.0. The van der Waals surface area contributed by atoms with E-state index in [1.165, 1.54) is 31.4 Å². The van der Waals surface area contributed by atoms with Gasteiger partial charge in [0.2, 0.25) is 0 Å². The molecule has 6 nitrogen and oxygen atoms in total. The van der Waals surface area contributed by atoms with Crippen LogP contribution >= 0.6 is 0 Å². The highest BCUT2D eigenvalue weighted by atomic mass is 19.1. The molecule has 27 heavy (non-hydrogen) atoms. The zero-order valence-corrected chi connectivity index (χ0v) is 14.6. The Labute approximate surface area is 155 Å². The van der Waals surface area contributed by atoms with Crippen molar-refractivity contribution >= 4 is 23.9 Å². The molecule has 0 atom stereocenters. The van der Waals surface area contributed by atoms with Gasteiger partial charge in [-0.05, 0) is 41.5 Å². The first-order valence-corrected chi connectivity index (χ1v) is 8.02. The summed E-state index contributed by atoms with van der Waals surface area (Å²) >= 11 is 0. The number of halogens is 1. The van der Waals surface area contributed by atoms with Gasteiger partial charge < -0.3 is 14.8 Å². The fourth-order valence-electron chi connectivity index (χ4n) is 2.09. The van der Waals surface area contributed by atoms with Crippen molar-refractivity contribution in [2.75, 3.05) is 13.7 Å².